The number of carbonyl (C=O) groups is 1. The minimum absolute atomic E-state index is 0.0502. The topological polar surface area (TPSA) is 110 Å². The minimum atomic E-state index is -3.61. The van der Waals surface area contributed by atoms with Crippen LogP contribution in [0.3, 0.4) is 0 Å². The molecule has 9 heteroatoms. The highest BCUT2D eigenvalue weighted by Gasteiger charge is 2.33. The van der Waals surface area contributed by atoms with Gasteiger partial charge in [-0.05, 0) is 66.1 Å². The van der Waals surface area contributed by atoms with Gasteiger partial charge in [0.05, 0.1) is 28.9 Å². The van der Waals surface area contributed by atoms with E-state index in [9.17, 15) is 13.2 Å². The van der Waals surface area contributed by atoms with Gasteiger partial charge in [-0.3, -0.25) is 9.52 Å². The van der Waals surface area contributed by atoms with E-state index in [1.807, 2.05) is 81.4 Å². The largest absolute Gasteiger partial charge is 0.455 e. The number of ketones is 1. The lowest BCUT2D eigenvalue weighted by Crippen LogP contribution is -2.24. The van der Waals surface area contributed by atoms with E-state index in [0.29, 0.717) is 61.7 Å². The highest BCUT2D eigenvalue weighted by Crippen LogP contribution is 2.47. The fourth-order valence-electron chi connectivity index (χ4n) is 7.32. The fraction of sp³-hybridized carbons (Fsp3) is 0.267. The van der Waals surface area contributed by atoms with E-state index in [4.69, 9.17) is 14.7 Å². The van der Waals surface area contributed by atoms with Crippen LogP contribution in [0.25, 0.3) is 33.5 Å². The molecule has 0 spiro atoms. The Bertz CT molecular complexity index is 2470. The van der Waals surface area contributed by atoms with Crippen LogP contribution in [0.2, 0.25) is 0 Å². The van der Waals surface area contributed by atoms with Crippen LogP contribution in [-0.2, 0) is 15.4 Å². The van der Waals surface area contributed by atoms with E-state index in [1.54, 1.807) is 30.3 Å². The SMILES string of the molecule is CC.Cc1ccc(Nc2cc(Oc3ccc(C(C)(C)CC(C)(C)C)cc3)c3nc(-c4ccccc4NS(C)(=O)=O)nc4c3c2C(=O)c2ccccc2-4)cc1. The van der Waals surface area contributed by atoms with E-state index in [1.165, 1.54) is 5.56 Å². The first kappa shape index (κ1) is 38.2. The van der Waals surface area contributed by atoms with Crippen molar-refractivity contribution in [2.75, 3.05) is 16.3 Å². The Morgan fingerprint density at radius 2 is 1.35 bits per heavy atom. The molecule has 0 unspecified atom stereocenters. The van der Waals surface area contributed by atoms with Gasteiger partial charge in [-0.1, -0.05) is 115 Å². The Morgan fingerprint density at radius 3 is 1.98 bits per heavy atom. The maximum Gasteiger partial charge on any atom is 0.229 e. The van der Waals surface area contributed by atoms with Crippen molar-refractivity contribution in [1.82, 2.24) is 9.97 Å². The Kier molecular flexibility index (Phi) is 10.4. The van der Waals surface area contributed by atoms with Crippen molar-refractivity contribution in [3.05, 3.63) is 125 Å². The number of sulfonamides is 1. The molecule has 5 aromatic carbocycles. The van der Waals surface area contributed by atoms with Gasteiger partial charge in [0.15, 0.2) is 17.4 Å². The Morgan fingerprint density at radius 1 is 0.741 bits per heavy atom. The fourth-order valence-corrected chi connectivity index (χ4v) is 7.90. The number of rotatable bonds is 9. The monoisotopic (exact) mass is 740 g/mol. The molecule has 0 saturated heterocycles. The molecule has 0 fully saturated rings. The molecule has 0 saturated carbocycles. The summed E-state index contributed by atoms with van der Waals surface area (Å²) in [5.74, 6) is 1.15. The lowest BCUT2D eigenvalue weighted by atomic mass is 9.72. The van der Waals surface area contributed by atoms with Crippen molar-refractivity contribution in [1.29, 1.82) is 0 Å². The van der Waals surface area contributed by atoms with Gasteiger partial charge in [0.1, 0.15) is 11.3 Å². The molecule has 0 amide bonds. The summed E-state index contributed by atoms with van der Waals surface area (Å²) >= 11 is 0. The highest BCUT2D eigenvalue weighted by molar-refractivity contribution is 7.92. The molecular weight excluding hydrogens is 693 g/mol. The minimum Gasteiger partial charge on any atom is -0.455 e. The van der Waals surface area contributed by atoms with Crippen molar-refractivity contribution in [2.45, 2.75) is 67.2 Å². The molecule has 6 aromatic rings. The van der Waals surface area contributed by atoms with E-state index in [0.717, 1.165) is 23.9 Å². The molecule has 1 aromatic heterocycles. The summed E-state index contributed by atoms with van der Waals surface area (Å²) in [6.45, 7) is 17.3. The van der Waals surface area contributed by atoms with Crippen LogP contribution in [0, 0.1) is 12.3 Å². The zero-order chi connectivity index (χ0) is 39.0. The summed E-state index contributed by atoms with van der Waals surface area (Å²) in [6, 6.07) is 32.3. The molecule has 7 rings (SSSR count). The second kappa shape index (κ2) is 14.7. The van der Waals surface area contributed by atoms with Crippen LogP contribution < -0.4 is 14.8 Å². The van der Waals surface area contributed by atoms with Crippen molar-refractivity contribution in [3.63, 3.8) is 0 Å². The first-order chi connectivity index (χ1) is 25.6. The van der Waals surface area contributed by atoms with Crippen LogP contribution in [0.5, 0.6) is 11.5 Å². The predicted molar refractivity (Wildman–Crippen MR) is 222 cm³/mol. The van der Waals surface area contributed by atoms with E-state index in [2.05, 4.69) is 56.8 Å². The smallest absolute Gasteiger partial charge is 0.229 e. The lowest BCUT2D eigenvalue weighted by Gasteiger charge is -2.33. The number of aromatic nitrogens is 2. The summed E-state index contributed by atoms with van der Waals surface area (Å²) in [5.41, 5.74) is 7.21. The third-order valence-electron chi connectivity index (χ3n) is 9.22. The van der Waals surface area contributed by atoms with Crippen LogP contribution in [0.15, 0.2) is 103 Å². The number of fused-ring (bicyclic) bond motifs is 2. The van der Waals surface area contributed by atoms with Gasteiger partial charge in [-0.2, -0.15) is 0 Å². The molecule has 1 aliphatic carbocycles. The standard InChI is InChI=1S/C43H42N4O4S.C2H6/c1-26-16-20-28(21-17-26)44-34-24-35(51-29-22-18-27(19-23-29)43(5,6)25-42(2,3)4)39-37-36(34)40(48)31-13-9-8-12-30(31)38(37)45-41(46-39)32-14-10-11-15-33(32)47-52(7,49)50;1-2/h8-24,44,47H,25H2,1-7H3;1-2H3. The molecule has 0 aliphatic heterocycles. The average molecular weight is 741 g/mol. The number of benzene rings is 5. The molecular formula is C45H48N4O4S. The quantitative estimate of drug-likeness (QED) is 0.152. The van der Waals surface area contributed by atoms with Gasteiger partial charge in [0.25, 0.3) is 0 Å². The number of carbonyl (C=O) groups excluding carboxylic acids is 1. The molecule has 0 bridgehead atoms. The third-order valence-corrected chi connectivity index (χ3v) is 9.81. The van der Waals surface area contributed by atoms with Gasteiger partial charge in [0, 0.05) is 33.8 Å². The Labute approximate surface area is 319 Å². The summed E-state index contributed by atoms with van der Waals surface area (Å²) in [7, 11) is -3.61. The highest BCUT2D eigenvalue weighted by atomic mass is 32.2. The molecule has 2 N–H and O–H groups in total. The molecule has 1 aliphatic rings. The first-order valence-corrected chi connectivity index (χ1v) is 20.2. The number of anilines is 3. The third kappa shape index (κ3) is 8.01. The van der Waals surface area contributed by atoms with Crippen LogP contribution in [0.4, 0.5) is 17.1 Å². The second-order valence-corrected chi connectivity index (χ2v) is 17.2. The van der Waals surface area contributed by atoms with E-state index in [-0.39, 0.29) is 22.4 Å². The maximum atomic E-state index is 14.4. The first-order valence-electron chi connectivity index (χ1n) is 18.3. The Balaban J connectivity index is 0.00000245. The summed E-state index contributed by atoms with van der Waals surface area (Å²) in [6.07, 6.45) is 2.11. The van der Waals surface area contributed by atoms with Gasteiger partial charge in [0.2, 0.25) is 10.0 Å². The van der Waals surface area contributed by atoms with Gasteiger partial charge in [-0.15, -0.1) is 0 Å². The van der Waals surface area contributed by atoms with Crippen molar-refractivity contribution in [3.8, 4) is 34.1 Å². The van der Waals surface area contributed by atoms with Gasteiger partial charge < -0.3 is 10.1 Å². The summed E-state index contributed by atoms with van der Waals surface area (Å²) in [4.78, 5) is 24.5. The number of ether oxygens (including phenoxy) is 1. The zero-order valence-electron chi connectivity index (χ0n) is 32.5. The predicted octanol–water partition coefficient (Wildman–Crippen LogP) is 11.5. The maximum absolute atomic E-state index is 14.4. The summed E-state index contributed by atoms with van der Waals surface area (Å²) in [5, 5.41) is 4.04. The molecule has 0 radical (unpaired) electrons. The number of hydrogen-bond acceptors (Lipinski definition) is 7. The number of aryl methyl sites for hydroxylation is 1. The average Bonchev–Trinajstić information content (AvgIpc) is 3.11. The normalized spacial score (nSPS) is 12.4. The number of nitrogens with zero attached hydrogens (tertiary/aromatic N) is 2. The number of hydrogen-bond donors (Lipinski definition) is 2. The zero-order valence-corrected chi connectivity index (χ0v) is 33.3. The van der Waals surface area contributed by atoms with E-state index < -0.39 is 10.0 Å². The van der Waals surface area contributed by atoms with Crippen molar-refractivity contribution < 1.29 is 17.9 Å². The van der Waals surface area contributed by atoms with Crippen LogP contribution >= 0.6 is 0 Å². The molecule has 278 valence electrons. The van der Waals surface area contributed by atoms with E-state index >= 15 is 0 Å². The second-order valence-electron chi connectivity index (χ2n) is 15.4. The van der Waals surface area contributed by atoms with Crippen LogP contribution in [-0.4, -0.2) is 30.4 Å². The molecule has 54 heavy (non-hydrogen) atoms. The molecule has 1 heterocycles. The van der Waals surface area contributed by atoms with Gasteiger partial charge >= 0.3 is 0 Å². The van der Waals surface area contributed by atoms with Crippen LogP contribution in [0.1, 0.15) is 81.9 Å². The van der Waals surface area contributed by atoms with Crippen molar-refractivity contribution in [2.24, 2.45) is 5.41 Å². The lowest BCUT2D eigenvalue weighted by molar-refractivity contribution is 0.104. The number of nitrogens with one attached hydrogen (secondary N) is 2. The number of para-hydroxylation sites is 1. The van der Waals surface area contributed by atoms with Crippen molar-refractivity contribution >= 4 is 43.8 Å². The Hall–Kier alpha value is -5.54. The molecule has 0 atom stereocenters. The molecule has 8 nitrogen and oxygen atoms in total. The van der Waals surface area contributed by atoms with Gasteiger partial charge in [-0.25, -0.2) is 18.4 Å². The summed E-state index contributed by atoms with van der Waals surface area (Å²) < 4.78 is 34.1.